The molecule has 78 valence electrons. The summed E-state index contributed by atoms with van der Waals surface area (Å²) >= 11 is 0. The van der Waals surface area contributed by atoms with Gasteiger partial charge in [0.05, 0.1) is 11.4 Å². The summed E-state index contributed by atoms with van der Waals surface area (Å²) in [4.78, 5) is 4.33. The van der Waals surface area contributed by atoms with Crippen LogP contribution in [-0.4, -0.2) is 28.2 Å². The van der Waals surface area contributed by atoms with E-state index in [1.165, 1.54) is 22.5 Å². The summed E-state index contributed by atoms with van der Waals surface area (Å²) in [6.45, 7) is 4.33. The van der Waals surface area contributed by atoms with Gasteiger partial charge in [-0.25, -0.2) is 0 Å². The molecular formula is C12H20N2. The molecule has 0 radical (unpaired) electrons. The van der Waals surface area contributed by atoms with E-state index in [-0.39, 0.29) is 0 Å². The first-order valence-electron chi connectivity index (χ1n) is 4.90. The van der Waals surface area contributed by atoms with Crippen LogP contribution >= 0.6 is 0 Å². The minimum absolute atomic E-state index is 1.28. The largest absolute Gasteiger partial charge is 0.376 e. The lowest BCUT2D eigenvalue weighted by Gasteiger charge is -2.25. The Labute approximate surface area is 87.1 Å². The van der Waals surface area contributed by atoms with Gasteiger partial charge in [0.1, 0.15) is 0 Å². The Morgan fingerprint density at radius 2 is 1.43 bits per heavy atom. The number of anilines is 2. The van der Waals surface area contributed by atoms with Crippen LogP contribution in [-0.2, 0) is 0 Å². The van der Waals surface area contributed by atoms with Crippen LogP contribution in [0.2, 0.25) is 0 Å². The molecule has 2 nitrogen and oxygen atoms in total. The highest BCUT2D eigenvalue weighted by atomic mass is 15.1. The first kappa shape index (κ1) is 10.9. The van der Waals surface area contributed by atoms with Gasteiger partial charge in [0.25, 0.3) is 0 Å². The summed E-state index contributed by atoms with van der Waals surface area (Å²) in [7, 11) is 8.34. The molecular weight excluding hydrogens is 172 g/mol. The number of hydrogen-bond acceptors (Lipinski definition) is 2. The Kier molecular flexibility index (Phi) is 3.04. The lowest BCUT2D eigenvalue weighted by atomic mass is 10.1. The Morgan fingerprint density at radius 1 is 0.857 bits per heavy atom. The maximum absolute atomic E-state index is 2.18. The zero-order chi connectivity index (χ0) is 10.9. The average molecular weight is 192 g/mol. The highest BCUT2D eigenvalue weighted by Gasteiger charge is 2.10. The summed E-state index contributed by atoms with van der Waals surface area (Å²) in [6.07, 6.45) is 0. The van der Waals surface area contributed by atoms with Crippen LogP contribution in [0.4, 0.5) is 11.4 Å². The van der Waals surface area contributed by atoms with Crippen LogP contribution in [0, 0.1) is 13.8 Å². The quantitative estimate of drug-likeness (QED) is 0.710. The van der Waals surface area contributed by atoms with Crippen LogP contribution in [0.3, 0.4) is 0 Å². The predicted octanol–water partition coefficient (Wildman–Crippen LogP) is 2.44. The van der Waals surface area contributed by atoms with E-state index >= 15 is 0 Å². The molecule has 0 aliphatic rings. The van der Waals surface area contributed by atoms with Crippen molar-refractivity contribution in [3.8, 4) is 0 Å². The highest BCUT2D eigenvalue weighted by molar-refractivity contribution is 5.75. The molecule has 1 rings (SSSR count). The second-order valence-electron chi connectivity index (χ2n) is 4.16. The zero-order valence-electron chi connectivity index (χ0n) is 10.0. The van der Waals surface area contributed by atoms with Crippen molar-refractivity contribution in [2.45, 2.75) is 13.8 Å². The fourth-order valence-electron chi connectivity index (χ4n) is 1.71. The van der Waals surface area contributed by atoms with Crippen molar-refractivity contribution >= 4 is 11.4 Å². The molecule has 0 fully saturated rings. The number of aryl methyl sites for hydroxylation is 1. The maximum atomic E-state index is 2.18. The topological polar surface area (TPSA) is 6.48 Å². The zero-order valence-corrected chi connectivity index (χ0v) is 10.0. The van der Waals surface area contributed by atoms with Crippen LogP contribution in [0.25, 0.3) is 0 Å². The Balaban J connectivity index is 3.38. The van der Waals surface area contributed by atoms with Gasteiger partial charge in [0, 0.05) is 28.2 Å². The molecule has 0 aliphatic heterocycles. The van der Waals surface area contributed by atoms with Gasteiger partial charge in [-0.3, -0.25) is 0 Å². The lowest BCUT2D eigenvalue weighted by Crippen LogP contribution is -2.18. The van der Waals surface area contributed by atoms with E-state index in [4.69, 9.17) is 0 Å². The molecule has 0 heterocycles. The third-order valence-corrected chi connectivity index (χ3v) is 2.61. The molecule has 0 saturated carbocycles. The van der Waals surface area contributed by atoms with E-state index in [1.54, 1.807) is 0 Å². The van der Waals surface area contributed by atoms with E-state index in [9.17, 15) is 0 Å². The van der Waals surface area contributed by atoms with Gasteiger partial charge in [-0.1, -0.05) is 6.07 Å². The van der Waals surface area contributed by atoms with Gasteiger partial charge in [-0.15, -0.1) is 0 Å². The molecule has 2 heteroatoms. The smallest absolute Gasteiger partial charge is 0.0631 e. The van der Waals surface area contributed by atoms with Gasteiger partial charge in [0.15, 0.2) is 0 Å². The molecule has 0 amide bonds. The third kappa shape index (κ3) is 1.84. The van der Waals surface area contributed by atoms with Gasteiger partial charge in [-0.05, 0) is 31.0 Å². The SMILES string of the molecule is Cc1ccc(N(C)C)c(N(C)C)c1C. The van der Waals surface area contributed by atoms with E-state index in [0.29, 0.717) is 0 Å². The van der Waals surface area contributed by atoms with Gasteiger partial charge >= 0.3 is 0 Å². The van der Waals surface area contributed by atoms with Crippen molar-refractivity contribution in [2.24, 2.45) is 0 Å². The molecule has 0 aliphatic carbocycles. The predicted molar refractivity (Wildman–Crippen MR) is 64.6 cm³/mol. The fraction of sp³-hybridized carbons (Fsp3) is 0.500. The van der Waals surface area contributed by atoms with Crippen LogP contribution < -0.4 is 9.80 Å². The molecule has 0 spiro atoms. The molecule has 0 N–H and O–H groups in total. The molecule has 0 unspecified atom stereocenters. The lowest BCUT2D eigenvalue weighted by molar-refractivity contribution is 1.06. The van der Waals surface area contributed by atoms with E-state index in [1.807, 2.05) is 0 Å². The van der Waals surface area contributed by atoms with Gasteiger partial charge in [-0.2, -0.15) is 0 Å². The Morgan fingerprint density at radius 3 is 1.86 bits per heavy atom. The molecule has 0 atom stereocenters. The first-order valence-corrected chi connectivity index (χ1v) is 4.90. The highest BCUT2D eigenvalue weighted by Crippen LogP contribution is 2.32. The van der Waals surface area contributed by atoms with Crippen LogP contribution in [0.15, 0.2) is 12.1 Å². The number of nitrogens with zero attached hydrogens (tertiary/aromatic N) is 2. The van der Waals surface area contributed by atoms with Crippen molar-refractivity contribution in [3.63, 3.8) is 0 Å². The van der Waals surface area contributed by atoms with Crippen molar-refractivity contribution in [3.05, 3.63) is 23.3 Å². The van der Waals surface area contributed by atoms with Crippen molar-refractivity contribution in [1.82, 2.24) is 0 Å². The maximum Gasteiger partial charge on any atom is 0.0631 e. The number of benzene rings is 1. The molecule has 0 saturated heterocycles. The standard InChI is InChI=1S/C12H20N2/c1-9-7-8-11(13(3)4)12(10(9)2)14(5)6/h7-8H,1-6H3. The third-order valence-electron chi connectivity index (χ3n) is 2.61. The Bertz CT molecular complexity index is 327. The first-order chi connectivity index (χ1) is 6.45. The van der Waals surface area contributed by atoms with Crippen molar-refractivity contribution in [1.29, 1.82) is 0 Å². The van der Waals surface area contributed by atoms with Gasteiger partial charge < -0.3 is 9.80 Å². The number of rotatable bonds is 2. The van der Waals surface area contributed by atoms with E-state index in [0.717, 1.165) is 0 Å². The second-order valence-corrected chi connectivity index (χ2v) is 4.16. The monoisotopic (exact) mass is 192 g/mol. The normalized spacial score (nSPS) is 10.1. The van der Waals surface area contributed by atoms with Crippen molar-refractivity contribution in [2.75, 3.05) is 38.0 Å². The molecule has 14 heavy (non-hydrogen) atoms. The van der Waals surface area contributed by atoms with E-state index < -0.39 is 0 Å². The summed E-state index contributed by atoms with van der Waals surface area (Å²) in [5.74, 6) is 0. The minimum Gasteiger partial charge on any atom is -0.376 e. The Hall–Kier alpha value is -1.18. The van der Waals surface area contributed by atoms with Gasteiger partial charge in [0.2, 0.25) is 0 Å². The molecule has 0 bridgehead atoms. The molecule has 1 aromatic carbocycles. The summed E-state index contributed by atoms with van der Waals surface area (Å²) in [5, 5.41) is 0. The minimum atomic E-state index is 1.28. The second kappa shape index (κ2) is 3.91. The number of hydrogen-bond donors (Lipinski definition) is 0. The van der Waals surface area contributed by atoms with E-state index in [2.05, 4.69) is 64.0 Å². The van der Waals surface area contributed by atoms with Crippen LogP contribution in [0.1, 0.15) is 11.1 Å². The summed E-state index contributed by atoms with van der Waals surface area (Å²) in [6, 6.07) is 4.36. The van der Waals surface area contributed by atoms with Crippen molar-refractivity contribution < 1.29 is 0 Å². The molecule has 1 aromatic rings. The average Bonchev–Trinajstić information content (AvgIpc) is 2.08. The fourth-order valence-corrected chi connectivity index (χ4v) is 1.71. The molecule has 0 aromatic heterocycles. The summed E-state index contributed by atoms with van der Waals surface area (Å²) in [5.41, 5.74) is 5.30. The van der Waals surface area contributed by atoms with Crippen LogP contribution in [0.5, 0.6) is 0 Å². The summed E-state index contributed by atoms with van der Waals surface area (Å²) < 4.78 is 0.